The first-order valence-corrected chi connectivity index (χ1v) is 12.8. The van der Waals surface area contributed by atoms with E-state index in [9.17, 15) is 0 Å². The SMILES string of the molecule is Cc1cccc2c1Oc1ccc(-c3cc(C)c4c(c3)C(C)(C)c3ccccc3S4)cc1C2(C)C. The molecule has 0 aliphatic carbocycles. The summed E-state index contributed by atoms with van der Waals surface area (Å²) in [6.45, 7) is 13.7. The summed E-state index contributed by atoms with van der Waals surface area (Å²) < 4.78 is 6.42. The van der Waals surface area contributed by atoms with Crippen LogP contribution in [-0.2, 0) is 10.8 Å². The molecule has 0 unspecified atom stereocenters. The van der Waals surface area contributed by atoms with Crippen molar-refractivity contribution in [1.29, 1.82) is 0 Å². The molecule has 2 heteroatoms. The van der Waals surface area contributed by atoms with Crippen LogP contribution >= 0.6 is 11.8 Å². The van der Waals surface area contributed by atoms with Gasteiger partial charge in [0.15, 0.2) is 0 Å². The minimum atomic E-state index is -0.123. The molecule has 0 saturated heterocycles. The van der Waals surface area contributed by atoms with Gasteiger partial charge < -0.3 is 4.74 Å². The molecule has 0 spiro atoms. The smallest absolute Gasteiger partial charge is 0.134 e. The van der Waals surface area contributed by atoms with E-state index in [1.54, 1.807) is 0 Å². The fourth-order valence-corrected chi connectivity index (χ4v) is 7.13. The number of hydrogen-bond acceptors (Lipinski definition) is 2. The van der Waals surface area contributed by atoms with E-state index >= 15 is 0 Å². The van der Waals surface area contributed by atoms with E-state index in [2.05, 4.69) is 114 Å². The topological polar surface area (TPSA) is 9.23 Å². The zero-order valence-corrected chi connectivity index (χ0v) is 21.6. The van der Waals surface area contributed by atoms with E-state index in [1.807, 2.05) is 11.8 Å². The lowest BCUT2D eigenvalue weighted by Gasteiger charge is -2.36. The Kier molecular flexibility index (Phi) is 4.60. The molecule has 0 aromatic heterocycles. The summed E-state index contributed by atoms with van der Waals surface area (Å²) in [6.07, 6.45) is 0. The molecule has 4 aromatic carbocycles. The third kappa shape index (κ3) is 3.01. The molecule has 2 heterocycles. The van der Waals surface area contributed by atoms with Crippen LogP contribution in [0.4, 0.5) is 0 Å². The Balaban J connectivity index is 1.49. The molecule has 0 N–H and O–H groups in total. The molecule has 0 bridgehead atoms. The first-order valence-electron chi connectivity index (χ1n) is 12.0. The monoisotopic (exact) mass is 462 g/mol. The third-order valence-electron chi connectivity index (χ3n) is 7.80. The summed E-state index contributed by atoms with van der Waals surface area (Å²) in [5.74, 6) is 1.98. The average molecular weight is 463 g/mol. The van der Waals surface area contributed by atoms with Gasteiger partial charge >= 0.3 is 0 Å². The number of ether oxygens (including phenoxy) is 1. The minimum Gasteiger partial charge on any atom is -0.456 e. The lowest BCUT2D eigenvalue weighted by atomic mass is 9.74. The molecule has 0 radical (unpaired) electrons. The van der Waals surface area contributed by atoms with Crippen molar-refractivity contribution < 1.29 is 4.74 Å². The molecule has 0 fully saturated rings. The normalized spacial score (nSPS) is 16.5. The Morgan fingerprint density at radius 2 is 1.32 bits per heavy atom. The molecule has 0 atom stereocenters. The lowest BCUT2D eigenvalue weighted by molar-refractivity contribution is 0.415. The molecule has 6 rings (SSSR count). The second-order valence-electron chi connectivity index (χ2n) is 10.8. The average Bonchev–Trinajstić information content (AvgIpc) is 2.81. The predicted molar refractivity (Wildman–Crippen MR) is 143 cm³/mol. The van der Waals surface area contributed by atoms with Gasteiger partial charge in [-0.05, 0) is 71.5 Å². The highest BCUT2D eigenvalue weighted by molar-refractivity contribution is 7.99. The van der Waals surface area contributed by atoms with E-state index in [4.69, 9.17) is 4.74 Å². The van der Waals surface area contributed by atoms with Gasteiger partial charge in [-0.1, -0.05) is 88.0 Å². The van der Waals surface area contributed by atoms with Gasteiger partial charge in [0, 0.05) is 31.7 Å². The van der Waals surface area contributed by atoms with Crippen LogP contribution < -0.4 is 4.74 Å². The quantitative estimate of drug-likeness (QED) is 0.279. The summed E-state index contributed by atoms with van der Waals surface area (Å²) in [4.78, 5) is 2.77. The van der Waals surface area contributed by atoms with Crippen molar-refractivity contribution in [1.82, 2.24) is 0 Å². The molecular formula is C32H30OS. The van der Waals surface area contributed by atoms with Crippen molar-refractivity contribution in [3.8, 4) is 22.6 Å². The number of fused-ring (bicyclic) bond motifs is 4. The van der Waals surface area contributed by atoms with Crippen molar-refractivity contribution >= 4 is 11.8 Å². The van der Waals surface area contributed by atoms with Crippen molar-refractivity contribution in [3.05, 3.63) is 106 Å². The van der Waals surface area contributed by atoms with Crippen LogP contribution in [-0.4, -0.2) is 0 Å². The molecular weight excluding hydrogens is 432 g/mol. The van der Waals surface area contributed by atoms with Gasteiger partial charge in [0.25, 0.3) is 0 Å². The van der Waals surface area contributed by atoms with Gasteiger partial charge in [-0.2, -0.15) is 0 Å². The second-order valence-corrected chi connectivity index (χ2v) is 11.8. The maximum Gasteiger partial charge on any atom is 0.134 e. The van der Waals surface area contributed by atoms with Crippen LogP contribution in [0.3, 0.4) is 0 Å². The minimum absolute atomic E-state index is 0.0367. The van der Waals surface area contributed by atoms with Crippen molar-refractivity contribution in [2.75, 3.05) is 0 Å². The van der Waals surface area contributed by atoms with E-state index < -0.39 is 0 Å². The first kappa shape index (κ1) is 21.6. The second kappa shape index (κ2) is 7.26. The maximum absolute atomic E-state index is 6.42. The predicted octanol–water partition coefficient (Wildman–Crippen LogP) is 9.19. The largest absolute Gasteiger partial charge is 0.456 e. The Labute approximate surface area is 207 Å². The van der Waals surface area contributed by atoms with Gasteiger partial charge in [-0.15, -0.1) is 0 Å². The highest BCUT2D eigenvalue weighted by Crippen LogP contribution is 2.53. The molecule has 2 aliphatic rings. The van der Waals surface area contributed by atoms with Crippen molar-refractivity contribution in [2.45, 2.75) is 62.2 Å². The summed E-state index contributed by atoms with van der Waals surface area (Å²) in [5.41, 5.74) is 10.2. The van der Waals surface area contributed by atoms with E-state index in [-0.39, 0.29) is 10.8 Å². The molecule has 170 valence electrons. The third-order valence-corrected chi connectivity index (χ3v) is 9.13. The molecule has 2 aliphatic heterocycles. The number of aryl methyl sites for hydroxylation is 2. The van der Waals surface area contributed by atoms with Gasteiger partial charge in [0.05, 0.1) is 0 Å². The lowest BCUT2D eigenvalue weighted by Crippen LogP contribution is -2.25. The zero-order chi connectivity index (χ0) is 23.8. The van der Waals surface area contributed by atoms with Crippen LogP contribution in [0.25, 0.3) is 11.1 Å². The van der Waals surface area contributed by atoms with Crippen LogP contribution in [0.1, 0.15) is 61.1 Å². The summed E-state index contributed by atoms with van der Waals surface area (Å²) in [6, 6.07) is 26.8. The van der Waals surface area contributed by atoms with E-state index in [0.29, 0.717) is 0 Å². The van der Waals surface area contributed by atoms with E-state index in [1.165, 1.54) is 54.3 Å². The molecule has 0 saturated carbocycles. The zero-order valence-electron chi connectivity index (χ0n) is 20.7. The summed E-state index contributed by atoms with van der Waals surface area (Å²) in [5, 5.41) is 0. The summed E-state index contributed by atoms with van der Waals surface area (Å²) in [7, 11) is 0. The van der Waals surface area contributed by atoms with Crippen LogP contribution in [0.15, 0.2) is 82.6 Å². The maximum atomic E-state index is 6.42. The van der Waals surface area contributed by atoms with Gasteiger partial charge in [-0.3, -0.25) is 0 Å². The van der Waals surface area contributed by atoms with Crippen molar-refractivity contribution in [3.63, 3.8) is 0 Å². The Hall–Kier alpha value is -2.97. The van der Waals surface area contributed by atoms with Crippen LogP contribution in [0.2, 0.25) is 0 Å². The van der Waals surface area contributed by atoms with Crippen LogP contribution in [0, 0.1) is 13.8 Å². The first-order chi connectivity index (χ1) is 16.2. The van der Waals surface area contributed by atoms with Gasteiger partial charge in [0.1, 0.15) is 11.5 Å². The molecule has 1 nitrogen and oxygen atoms in total. The van der Waals surface area contributed by atoms with Gasteiger partial charge in [0.2, 0.25) is 0 Å². The Morgan fingerprint density at radius 3 is 2.15 bits per heavy atom. The van der Waals surface area contributed by atoms with E-state index in [0.717, 1.165) is 11.5 Å². The standard InChI is InChI=1S/C32H30OS/c1-19-10-9-12-24-29(19)33-27-15-14-21(17-25(27)32(24,5)6)22-16-20(2)30-26(18-22)31(3,4)23-11-7-8-13-28(23)34-30/h7-18H,1-6H3. The number of hydrogen-bond donors (Lipinski definition) is 0. The fourth-order valence-electron chi connectivity index (χ4n) is 5.69. The fraction of sp³-hybridized carbons (Fsp3) is 0.250. The molecule has 4 aromatic rings. The molecule has 0 amide bonds. The van der Waals surface area contributed by atoms with Crippen LogP contribution in [0.5, 0.6) is 11.5 Å². The number of benzene rings is 4. The highest BCUT2D eigenvalue weighted by atomic mass is 32.2. The van der Waals surface area contributed by atoms with Crippen molar-refractivity contribution in [2.24, 2.45) is 0 Å². The highest BCUT2D eigenvalue weighted by Gasteiger charge is 2.36. The van der Waals surface area contributed by atoms with Gasteiger partial charge in [-0.25, -0.2) is 0 Å². The summed E-state index contributed by atoms with van der Waals surface area (Å²) >= 11 is 1.91. The Bertz CT molecular complexity index is 1470. The Morgan fingerprint density at radius 1 is 0.618 bits per heavy atom. The number of para-hydroxylation sites is 1. The molecule has 34 heavy (non-hydrogen) atoms. The number of rotatable bonds is 1.